The van der Waals surface area contributed by atoms with Crippen LogP contribution in [0.25, 0.3) is 0 Å². The summed E-state index contributed by atoms with van der Waals surface area (Å²) in [4.78, 5) is 44.7. The average Bonchev–Trinajstić information content (AvgIpc) is 3.54. The molecule has 0 saturated heterocycles. The summed E-state index contributed by atoms with van der Waals surface area (Å²) in [6.07, 6.45) is 6.89. The van der Waals surface area contributed by atoms with Gasteiger partial charge in [-0.15, -0.1) is 5.10 Å². The molecule has 3 N–H and O–H groups in total. The third kappa shape index (κ3) is 4.78. The maximum Gasteiger partial charge on any atom is 0.327 e. The Morgan fingerprint density at radius 2 is 1.90 bits per heavy atom. The molecule has 4 heterocycles. The third-order valence-electron chi connectivity index (χ3n) is 6.99. The van der Waals surface area contributed by atoms with Crippen molar-refractivity contribution in [3.63, 3.8) is 0 Å². The maximum atomic E-state index is 13.4. The first kappa shape index (κ1) is 24.9. The first-order valence-corrected chi connectivity index (χ1v) is 13.4. The maximum absolute atomic E-state index is 13.4. The molecule has 2 aromatic heterocycles. The lowest BCUT2D eigenvalue weighted by molar-refractivity contribution is -0.122. The Balaban J connectivity index is 1.21. The number of hydrogen-bond acceptors (Lipinski definition) is 8. The van der Waals surface area contributed by atoms with E-state index >= 15 is 0 Å². The SMILES string of the molecule is C=CC(=O)N[C@H]1CCC[C@H]1NC(=O)C1Sc2nccc3c2C1NC(=O)N3c1ccc(Oc2cccnn2)cc1. The molecule has 4 amide bonds. The predicted molar refractivity (Wildman–Crippen MR) is 144 cm³/mol. The van der Waals surface area contributed by atoms with Gasteiger partial charge in [-0.3, -0.25) is 14.5 Å². The Kier molecular flexibility index (Phi) is 6.61. The lowest BCUT2D eigenvalue weighted by Crippen LogP contribution is -2.53. The second kappa shape index (κ2) is 10.4. The summed E-state index contributed by atoms with van der Waals surface area (Å²) in [5, 5.41) is 16.9. The number of rotatable bonds is 7. The minimum absolute atomic E-state index is 0.153. The number of amides is 4. The highest BCUT2D eigenvalue weighted by Gasteiger charge is 2.47. The number of carbonyl (C=O) groups is 3. The summed E-state index contributed by atoms with van der Waals surface area (Å²) in [5.41, 5.74) is 2.12. The second-order valence-corrected chi connectivity index (χ2v) is 10.5. The quantitative estimate of drug-likeness (QED) is 0.386. The molecule has 39 heavy (non-hydrogen) atoms. The molecular formula is C27H25N7O4S. The van der Waals surface area contributed by atoms with Gasteiger partial charge in [-0.1, -0.05) is 18.3 Å². The van der Waals surface area contributed by atoms with Gasteiger partial charge in [-0.2, -0.15) is 5.10 Å². The van der Waals surface area contributed by atoms with Gasteiger partial charge in [0, 0.05) is 36.1 Å². The van der Waals surface area contributed by atoms with Crippen molar-refractivity contribution in [2.24, 2.45) is 0 Å². The van der Waals surface area contributed by atoms with E-state index in [1.165, 1.54) is 17.8 Å². The second-order valence-electron chi connectivity index (χ2n) is 9.37. The lowest BCUT2D eigenvalue weighted by Gasteiger charge is -2.34. The zero-order chi connectivity index (χ0) is 26.9. The van der Waals surface area contributed by atoms with Gasteiger partial charge in [-0.25, -0.2) is 9.78 Å². The van der Waals surface area contributed by atoms with E-state index in [0.29, 0.717) is 28.0 Å². The number of carbonyl (C=O) groups excluding carboxylic acids is 3. The fourth-order valence-electron chi connectivity index (χ4n) is 5.22. The Hall–Kier alpha value is -4.45. The van der Waals surface area contributed by atoms with E-state index < -0.39 is 11.3 Å². The molecule has 1 aromatic carbocycles. The van der Waals surface area contributed by atoms with E-state index in [1.807, 2.05) is 0 Å². The molecule has 1 fully saturated rings. The Morgan fingerprint density at radius 3 is 2.64 bits per heavy atom. The molecule has 2 aliphatic heterocycles. The van der Waals surface area contributed by atoms with Crippen LogP contribution in [-0.4, -0.2) is 50.4 Å². The van der Waals surface area contributed by atoms with Gasteiger partial charge in [0.1, 0.15) is 16.0 Å². The van der Waals surface area contributed by atoms with E-state index in [0.717, 1.165) is 24.8 Å². The van der Waals surface area contributed by atoms with Crippen LogP contribution in [0.1, 0.15) is 30.9 Å². The van der Waals surface area contributed by atoms with Crippen molar-refractivity contribution < 1.29 is 19.1 Å². The number of nitrogens with one attached hydrogen (secondary N) is 3. The number of urea groups is 1. The van der Waals surface area contributed by atoms with Crippen LogP contribution in [0.4, 0.5) is 16.2 Å². The van der Waals surface area contributed by atoms with Crippen LogP contribution in [0, 0.1) is 0 Å². The molecule has 0 radical (unpaired) electrons. The van der Waals surface area contributed by atoms with Gasteiger partial charge in [0.25, 0.3) is 0 Å². The van der Waals surface area contributed by atoms with E-state index in [-0.39, 0.29) is 29.9 Å². The van der Waals surface area contributed by atoms with Crippen molar-refractivity contribution in [1.29, 1.82) is 0 Å². The average molecular weight is 544 g/mol. The highest BCUT2D eigenvalue weighted by molar-refractivity contribution is 8.01. The Labute approximate surface area is 228 Å². The monoisotopic (exact) mass is 543 g/mol. The summed E-state index contributed by atoms with van der Waals surface area (Å²) in [7, 11) is 0. The molecular weight excluding hydrogens is 518 g/mol. The first-order chi connectivity index (χ1) is 19.0. The predicted octanol–water partition coefficient (Wildman–Crippen LogP) is 3.38. The summed E-state index contributed by atoms with van der Waals surface area (Å²) in [6, 6.07) is 11.1. The molecule has 4 atom stereocenters. The summed E-state index contributed by atoms with van der Waals surface area (Å²) in [5.74, 6) is 0.462. The van der Waals surface area contributed by atoms with Crippen LogP contribution in [0.5, 0.6) is 11.6 Å². The summed E-state index contributed by atoms with van der Waals surface area (Å²) >= 11 is 1.34. The van der Waals surface area contributed by atoms with Gasteiger partial charge in [0.15, 0.2) is 0 Å². The number of nitrogens with zero attached hydrogens (tertiary/aromatic N) is 4. The van der Waals surface area contributed by atoms with E-state index in [2.05, 4.69) is 37.7 Å². The van der Waals surface area contributed by atoms with Crippen molar-refractivity contribution in [3.05, 3.63) is 73.1 Å². The smallest absolute Gasteiger partial charge is 0.327 e. The van der Waals surface area contributed by atoms with Gasteiger partial charge in [-0.05, 0) is 61.7 Å². The van der Waals surface area contributed by atoms with Crippen LogP contribution in [0.2, 0.25) is 0 Å². The Morgan fingerprint density at radius 1 is 1.10 bits per heavy atom. The highest BCUT2D eigenvalue weighted by Crippen LogP contribution is 2.50. The number of aromatic nitrogens is 3. The number of anilines is 2. The fraction of sp³-hybridized carbons (Fsp3) is 0.259. The molecule has 12 heteroatoms. The van der Waals surface area contributed by atoms with Crippen molar-refractivity contribution >= 4 is 41.0 Å². The van der Waals surface area contributed by atoms with Crippen LogP contribution in [-0.2, 0) is 9.59 Å². The van der Waals surface area contributed by atoms with Crippen LogP contribution in [0.3, 0.4) is 0 Å². The van der Waals surface area contributed by atoms with Gasteiger partial charge in [0.05, 0.1) is 17.4 Å². The molecule has 3 aliphatic rings. The largest absolute Gasteiger partial charge is 0.438 e. The topological polar surface area (TPSA) is 138 Å². The zero-order valence-electron chi connectivity index (χ0n) is 20.7. The molecule has 3 aromatic rings. The summed E-state index contributed by atoms with van der Waals surface area (Å²) < 4.78 is 5.71. The number of ether oxygens (including phenoxy) is 1. The number of pyridine rings is 1. The van der Waals surface area contributed by atoms with Crippen LogP contribution in [0.15, 0.2) is 72.5 Å². The molecule has 198 valence electrons. The zero-order valence-corrected chi connectivity index (χ0v) is 21.6. The van der Waals surface area contributed by atoms with E-state index in [4.69, 9.17) is 4.74 Å². The number of benzene rings is 1. The van der Waals surface area contributed by atoms with Crippen molar-refractivity contribution in [2.75, 3.05) is 4.90 Å². The Bertz CT molecular complexity index is 1440. The highest BCUT2D eigenvalue weighted by atomic mass is 32.2. The number of thioether (sulfide) groups is 1. The third-order valence-corrected chi connectivity index (χ3v) is 8.27. The van der Waals surface area contributed by atoms with Gasteiger partial charge in [0.2, 0.25) is 17.7 Å². The fourth-order valence-corrected chi connectivity index (χ4v) is 6.46. The molecule has 1 saturated carbocycles. The van der Waals surface area contributed by atoms with Gasteiger partial charge < -0.3 is 20.7 Å². The minimum atomic E-state index is -0.584. The normalized spacial score (nSPS) is 23.0. The van der Waals surface area contributed by atoms with E-state index in [9.17, 15) is 14.4 Å². The van der Waals surface area contributed by atoms with Gasteiger partial charge >= 0.3 is 6.03 Å². The molecule has 11 nitrogen and oxygen atoms in total. The van der Waals surface area contributed by atoms with Crippen LogP contribution >= 0.6 is 11.8 Å². The lowest BCUT2D eigenvalue weighted by atomic mass is 9.99. The van der Waals surface area contributed by atoms with Crippen LogP contribution < -0.4 is 25.6 Å². The molecule has 0 spiro atoms. The van der Waals surface area contributed by atoms with Crippen molar-refractivity contribution in [3.8, 4) is 11.6 Å². The summed E-state index contributed by atoms with van der Waals surface area (Å²) in [6.45, 7) is 3.50. The van der Waals surface area contributed by atoms with Crippen molar-refractivity contribution in [1.82, 2.24) is 31.1 Å². The molecule has 2 unspecified atom stereocenters. The van der Waals surface area contributed by atoms with E-state index in [1.54, 1.807) is 59.8 Å². The minimum Gasteiger partial charge on any atom is -0.438 e. The van der Waals surface area contributed by atoms with Crippen molar-refractivity contribution in [2.45, 2.75) is 47.7 Å². The molecule has 6 rings (SSSR count). The molecule has 0 bridgehead atoms. The number of hydrogen-bond donors (Lipinski definition) is 3. The first-order valence-electron chi connectivity index (χ1n) is 12.6. The molecule has 1 aliphatic carbocycles. The standard InChI is InChI=1S/C27H25N7O4S/c1-2-20(35)30-17-5-3-6-18(17)31-25(36)24-23-22-19(12-14-28-26(22)39-24)34(27(37)32-23)15-8-10-16(11-9-15)38-21-7-4-13-29-33-21/h2,4,7-14,17-18,23-24H,1,3,5-6H2,(H,30,35)(H,31,36)(H,32,37)/t17-,18+,23?,24?/m0/s1.